The molecule has 0 bridgehead atoms. The predicted octanol–water partition coefficient (Wildman–Crippen LogP) is 2.70. The van der Waals surface area contributed by atoms with Gasteiger partial charge in [0.25, 0.3) is 5.91 Å². The predicted molar refractivity (Wildman–Crippen MR) is 74.1 cm³/mol. The zero-order valence-electron chi connectivity index (χ0n) is 9.91. The van der Waals surface area contributed by atoms with Crippen LogP contribution in [0.1, 0.15) is 30.1 Å². The van der Waals surface area contributed by atoms with Crippen LogP contribution in [-0.2, 0) is 0 Å². The minimum absolute atomic E-state index is 0.0817. The van der Waals surface area contributed by atoms with Gasteiger partial charge in [0.15, 0.2) is 0 Å². The van der Waals surface area contributed by atoms with Crippen molar-refractivity contribution < 1.29 is 15.0 Å². The van der Waals surface area contributed by atoms with E-state index in [4.69, 9.17) is 16.7 Å². The molecular weight excluding hydrogens is 321 g/mol. The van der Waals surface area contributed by atoms with Gasteiger partial charge in [-0.3, -0.25) is 4.79 Å². The second-order valence-corrected chi connectivity index (χ2v) is 5.35. The van der Waals surface area contributed by atoms with E-state index in [-0.39, 0.29) is 34.9 Å². The first-order valence-corrected chi connectivity index (χ1v) is 6.72. The van der Waals surface area contributed by atoms with Crippen LogP contribution in [0.5, 0.6) is 5.75 Å². The number of benzene rings is 1. The fourth-order valence-electron chi connectivity index (χ4n) is 1.51. The number of halogens is 2. The normalized spacial score (nSPS) is 12.2. The van der Waals surface area contributed by atoms with Gasteiger partial charge in [-0.05, 0) is 31.9 Å². The fourth-order valence-corrected chi connectivity index (χ4v) is 2.32. The summed E-state index contributed by atoms with van der Waals surface area (Å²) in [6.07, 6.45) is 1.29. The number of aliphatic hydroxyl groups is 1. The Morgan fingerprint density at radius 1 is 1.56 bits per heavy atom. The van der Waals surface area contributed by atoms with Crippen LogP contribution >= 0.6 is 27.5 Å². The standard InChI is InChI=1S/C12H15BrClNO3/c1-7(3-2-4-16)15-12(18)9-5-8(13)6-10(14)11(9)17/h5-7,16-17H,2-4H2,1H3,(H,15,18). The van der Waals surface area contributed by atoms with Crippen molar-refractivity contribution in [3.05, 3.63) is 27.2 Å². The highest BCUT2D eigenvalue weighted by Gasteiger charge is 2.16. The summed E-state index contributed by atoms with van der Waals surface area (Å²) in [5.74, 6) is -0.618. The Morgan fingerprint density at radius 2 is 2.22 bits per heavy atom. The molecule has 4 nitrogen and oxygen atoms in total. The van der Waals surface area contributed by atoms with E-state index in [1.54, 1.807) is 0 Å². The monoisotopic (exact) mass is 335 g/mol. The SMILES string of the molecule is CC(CCCO)NC(=O)c1cc(Br)cc(Cl)c1O. The van der Waals surface area contributed by atoms with Crippen LogP contribution in [-0.4, -0.2) is 28.8 Å². The molecule has 0 aromatic heterocycles. The van der Waals surface area contributed by atoms with Gasteiger partial charge in [0.1, 0.15) is 5.75 Å². The third-order valence-electron chi connectivity index (χ3n) is 2.45. The Hall–Kier alpha value is -0.780. The number of phenols is 1. The summed E-state index contributed by atoms with van der Waals surface area (Å²) in [6.45, 7) is 1.93. The minimum atomic E-state index is -0.388. The van der Waals surface area contributed by atoms with E-state index in [1.807, 2.05) is 6.92 Å². The van der Waals surface area contributed by atoms with E-state index in [2.05, 4.69) is 21.2 Å². The number of aliphatic hydroxyl groups excluding tert-OH is 1. The van der Waals surface area contributed by atoms with E-state index >= 15 is 0 Å². The largest absolute Gasteiger partial charge is 0.506 e. The molecule has 0 saturated heterocycles. The number of carbonyl (C=O) groups is 1. The summed E-state index contributed by atoms with van der Waals surface area (Å²) in [5, 5.41) is 21.3. The van der Waals surface area contributed by atoms with Gasteiger partial charge in [0.2, 0.25) is 0 Å². The lowest BCUT2D eigenvalue weighted by atomic mass is 10.1. The Bertz CT molecular complexity index is 440. The number of amides is 1. The molecule has 0 spiro atoms. The minimum Gasteiger partial charge on any atom is -0.506 e. The fraction of sp³-hybridized carbons (Fsp3) is 0.417. The van der Waals surface area contributed by atoms with Gasteiger partial charge < -0.3 is 15.5 Å². The Balaban J connectivity index is 2.78. The molecule has 1 atom stereocenters. The summed E-state index contributed by atoms with van der Waals surface area (Å²) >= 11 is 9.01. The van der Waals surface area contributed by atoms with Gasteiger partial charge in [0, 0.05) is 17.1 Å². The molecule has 0 aliphatic carbocycles. The molecule has 1 unspecified atom stereocenters. The van der Waals surface area contributed by atoms with Crippen LogP contribution in [0.2, 0.25) is 5.02 Å². The molecule has 1 rings (SSSR count). The summed E-state index contributed by atoms with van der Waals surface area (Å²) in [5.41, 5.74) is 0.130. The molecule has 6 heteroatoms. The molecule has 0 saturated carbocycles. The number of hydrogen-bond acceptors (Lipinski definition) is 3. The van der Waals surface area contributed by atoms with E-state index < -0.39 is 0 Å². The lowest BCUT2D eigenvalue weighted by Gasteiger charge is -2.14. The molecule has 0 radical (unpaired) electrons. The first kappa shape index (κ1) is 15.3. The number of rotatable bonds is 5. The van der Waals surface area contributed by atoms with Gasteiger partial charge >= 0.3 is 0 Å². The molecule has 1 amide bonds. The van der Waals surface area contributed by atoms with Crippen LogP contribution in [0.4, 0.5) is 0 Å². The summed E-state index contributed by atoms with van der Waals surface area (Å²) in [6, 6.07) is 2.94. The van der Waals surface area contributed by atoms with Crippen molar-refractivity contribution in [3.8, 4) is 5.75 Å². The number of carbonyl (C=O) groups excluding carboxylic acids is 1. The van der Waals surface area contributed by atoms with Crippen molar-refractivity contribution in [2.45, 2.75) is 25.8 Å². The van der Waals surface area contributed by atoms with Crippen molar-refractivity contribution in [1.82, 2.24) is 5.32 Å². The first-order valence-electron chi connectivity index (χ1n) is 5.55. The van der Waals surface area contributed by atoms with E-state index in [0.717, 1.165) is 0 Å². The zero-order chi connectivity index (χ0) is 13.7. The molecule has 0 aliphatic rings. The van der Waals surface area contributed by atoms with Crippen LogP contribution < -0.4 is 5.32 Å². The highest BCUT2D eigenvalue weighted by Crippen LogP contribution is 2.31. The van der Waals surface area contributed by atoms with Gasteiger partial charge in [0.05, 0.1) is 10.6 Å². The van der Waals surface area contributed by atoms with Crippen molar-refractivity contribution in [3.63, 3.8) is 0 Å². The van der Waals surface area contributed by atoms with Gasteiger partial charge in [-0.25, -0.2) is 0 Å². The van der Waals surface area contributed by atoms with Crippen molar-refractivity contribution in [1.29, 1.82) is 0 Å². The second kappa shape index (κ2) is 6.97. The molecule has 1 aromatic carbocycles. The maximum atomic E-state index is 11.9. The number of phenolic OH excluding ortho intramolecular Hbond substituents is 1. The van der Waals surface area contributed by atoms with E-state index in [9.17, 15) is 9.90 Å². The number of hydrogen-bond donors (Lipinski definition) is 3. The maximum Gasteiger partial charge on any atom is 0.255 e. The summed E-state index contributed by atoms with van der Waals surface area (Å²) in [4.78, 5) is 11.9. The molecular formula is C12H15BrClNO3. The van der Waals surface area contributed by atoms with Gasteiger partial charge in [-0.15, -0.1) is 0 Å². The quantitative estimate of drug-likeness (QED) is 0.774. The zero-order valence-corrected chi connectivity index (χ0v) is 12.3. The molecule has 1 aromatic rings. The van der Waals surface area contributed by atoms with Crippen LogP contribution in [0.25, 0.3) is 0 Å². The highest BCUT2D eigenvalue weighted by atomic mass is 79.9. The van der Waals surface area contributed by atoms with Crippen molar-refractivity contribution in [2.24, 2.45) is 0 Å². The highest BCUT2D eigenvalue weighted by molar-refractivity contribution is 9.10. The molecule has 0 aliphatic heterocycles. The Morgan fingerprint density at radius 3 is 2.83 bits per heavy atom. The van der Waals surface area contributed by atoms with Crippen molar-refractivity contribution in [2.75, 3.05) is 6.61 Å². The number of nitrogens with one attached hydrogen (secondary N) is 1. The van der Waals surface area contributed by atoms with Crippen LogP contribution in [0.15, 0.2) is 16.6 Å². The summed E-state index contributed by atoms with van der Waals surface area (Å²) < 4.78 is 0.624. The topological polar surface area (TPSA) is 69.6 Å². The lowest BCUT2D eigenvalue weighted by molar-refractivity contribution is 0.0933. The lowest BCUT2D eigenvalue weighted by Crippen LogP contribution is -2.32. The Labute approximate surface area is 119 Å². The third-order valence-corrected chi connectivity index (χ3v) is 3.19. The summed E-state index contributed by atoms with van der Waals surface area (Å²) in [7, 11) is 0. The average Bonchev–Trinajstić information content (AvgIpc) is 2.30. The Kier molecular flexibility index (Phi) is 5.91. The van der Waals surface area contributed by atoms with Crippen LogP contribution in [0, 0.1) is 0 Å². The van der Waals surface area contributed by atoms with Gasteiger partial charge in [-0.2, -0.15) is 0 Å². The smallest absolute Gasteiger partial charge is 0.255 e. The number of aromatic hydroxyl groups is 1. The van der Waals surface area contributed by atoms with Crippen molar-refractivity contribution >= 4 is 33.4 Å². The second-order valence-electron chi connectivity index (χ2n) is 4.02. The first-order chi connectivity index (χ1) is 8.45. The van der Waals surface area contributed by atoms with E-state index in [0.29, 0.717) is 17.3 Å². The molecule has 3 N–H and O–H groups in total. The molecule has 18 heavy (non-hydrogen) atoms. The third kappa shape index (κ3) is 4.15. The molecule has 0 heterocycles. The van der Waals surface area contributed by atoms with Crippen LogP contribution in [0.3, 0.4) is 0 Å². The molecule has 100 valence electrons. The maximum absolute atomic E-state index is 11.9. The van der Waals surface area contributed by atoms with E-state index in [1.165, 1.54) is 12.1 Å². The van der Waals surface area contributed by atoms with Gasteiger partial charge in [-0.1, -0.05) is 27.5 Å². The average molecular weight is 337 g/mol. The molecule has 0 fully saturated rings.